The first-order valence-electron chi connectivity index (χ1n) is 7.15. The van der Waals surface area contributed by atoms with Crippen molar-refractivity contribution in [2.75, 3.05) is 19.0 Å². The van der Waals surface area contributed by atoms with E-state index in [1.165, 1.54) is 12.1 Å². The van der Waals surface area contributed by atoms with Crippen LogP contribution in [-0.2, 0) is 15.3 Å². The molecule has 118 valence electrons. The van der Waals surface area contributed by atoms with Gasteiger partial charge in [-0.3, -0.25) is 0 Å². The minimum absolute atomic E-state index is 0.251. The maximum absolute atomic E-state index is 13.1. The Morgan fingerprint density at radius 2 is 1.95 bits per heavy atom. The highest BCUT2D eigenvalue weighted by Gasteiger charge is 2.37. The van der Waals surface area contributed by atoms with Crippen molar-refractivity contribution >= 4 is 23.1 Å². The first kappa shape index (κ1) is 15.9. The van der Waals surface area contributed by atoms with Gasteiger partial charge in [0.25, 0.3) is 0 Å². The van der Waals surface area contributed by atoms with Gasteiger partial charge in [0.2, 0.25) is 0 Å². The molecule has 7 heteroatoms. The third kappa shape index (κ3) is 3.65. The molecule has 2 aromatic rings. The van der Waals surface area contributed by atoms with E-state index < -0.39 is 5.79 Å². The van der Waals surface area contributed by atoms with Crippen molar-refractivity contribution in [1.29, 1.82) is 0 Å². The van der Waals surface area contributed by atoms with E-state index in [9.17, 15) is 4.39 Å². The van der Waals surface area contributed by atoms with Crippen molar-refractivity contribution in [3.8, 4) is 0 Å². The van der Waals surface area contributed by atoms with Gasteiger partial charge in [0, 0.05) is 17.7 Å². The Labute approximate surface area is 137 Å². The summed E-state index contributed by atoms with van der Waals surface area (Å²) in [4.78, 5) is 0. The Bertz CT molecular complexity index is 612. The standard InChI is InChI=1S/C15H17FN2O2S2/c1-11-17-18-14(22-11)21-10-2-7-15(19-8-9-20-15)12-3-5-13(16)6-4-12/h3-6H,2,7-10H2,1H3. The Kier molecular flexibility index (Phi) is 5.07. The van der Waals surface area contributed by atoms with E-state index in [1.54, 1.807) is 35.2 Å². The van der Waals surface area contributed by atoms with Crippen LogP contribution >= 0.6 is 23.1 Å². The largest absolute Gasteiger partial charge is 0.343 e. The van der Waals surface area contributed by atoms with Crippen molar-refractivity contribution in [3.05, 3.63) is 40.7 Å². The third-order valence-corrected chi connectivity index (χ3v) is 5.48. The number of aryl methyl sites for hydroxylation is 1. The molecule has 1 aliphatic heterocycles. The van der Waals surface area contributed by atoms with Crippen LogP contribution in [0.1, 0.15) is 23.4 Å². The van der Waals surface area contributed by atoms with Crippen LogP contribution in [0.25, 0.3) is 0 Å². The highest BCUT2D eigenvalue weighted by Crippen LogP contribution is 2.37. The van der Waals surface area contributed by atoms with E-state index >= 15 is 0 Å². The van der Waals surface area contributed by atoms with Gasteiger partial charge in [-0.25, -0.2) is 4.39 Å². The van der Waals surface area contributed by atoms with Crippen LogP contribution in [0.2, 0.25) is 0 Å². The lowest BCUT2D eigenvalue weighted by atomic mass is 10.0. The molecule has 0 amide bonds. The summed E-state index contributed by atoms with van der Waals surface area (Å²) in [5.41, 5.74) is 0.878. The van der Waals surface area contributed by atoms with E-state index in [1.807, 2.05) is 6.92 Å². The van der Waals surface area contributed by atoms with Gasteiger partial charge >= 0.3 is 0 Å². The van der Waals surface area contributed by atoms with Crippen LogP contribution in [0.4, 0.5) is 4.39 Å². The van der Waals surface area contributed by atoms with Crippen LogP contribution < -0.4 is 0 Å². The number of hydrogen-bond acceptors (Lipinski definition) is 6. The summed E-state index contributed by atoms with van der Waals surface area (Å²) in [7, 11) is 0. The zero-order chi connectivity index (χ0) is 15.4. The van der Waals surface area contributed by atoms with E-state index in [2.05, 4.69) is 10.2 Å². The molecule has 1 aliphatic rings. The predicted molar refractivity (Wildman–Crippen MR) is 84.6 cm³/mol. The second kappa shape index (κ2) is 7.04. The van der Waals surface area contributed by atoms with E-state index in [0.29, 0.717) is 13.2 Å². The molecule has 0 unspecified atom stereocenters. The fraction of sp³-hybridized carbons (Fsp3) is 0.467. The number of benzene rings is 1. The molecule has 3 rings (SSSR count). The van der Waals surface area contributed by atoms with Crippen molar-refractivity contribution < 1.29 is 13.9 Å². The molecule has 0 radical (unpaired) electrons. The van der Waals surface area contributed by atoms with Crippen LogP contribution in [0.5, 0.6) is 0 Å². The van der Waals surface area contributed by atoms with Crippen LogP contribution in [0, 0.1) is 12.7 Å². The normalized spacial score (nSPS) is 17.0. The molecule has 0 saturated carbocycles. The summed E-state index contributed by atoms with van der Waals surface area (Å²) >= 11 is 3.30. The molecule has 0 aliphatic carbocycles. The number of aromatic nitrogens is 2. The van der Waals surface area contributed by atoms with Crippen molar-refractivity contribution in [1.82, 2.24) is 10.2 Å². The lowest BCUT2D eigenvalue weighted by Crippen LogP contribution is -2.27. The SMILES string of the molecule is Cc1nnc(SCCCC2(c3ccc(F)cc3)OCCO2)s1. The number of ether oxygens (including phenoxy) is 2. The van der Waals surface area contributed by atoms with Crippen molar-refractivity contribution in [2.45, 2.75) is 29.9 Å². The number of rotatable bonds is 6. The average Bonchev–Trinajstić information content (AvgIpc) is 3.14. The monoisotopic (exact) mass is 340 g/mol. The van der Waals surface area contributed by atoms with Gasteiger partial charge in [0.05, 0.1) is 13.2 Å². The van der Waals surface area contributed by atoms with E-state index in [-0.39, 0.29) is 5.82 Å². The summed E-state index contributed by atoms with van der Waals surface area (Å²) in [6.07, 6.45) is 1.66. The third-order valence-electron chi connectivity index (χ3n) is 3.42. The fourth-order valence-corrected chi connectivity index (χ4v) is 4.24. The second-order valence-corrected chi connectivity index (χ2v) is 7.52. The number of hydrogen-bond donors (Lipinski definition) is 0. The molecule has 0 spiro atoms. The van der Waals surface area contributed by atoms with Gasteiger partial charge in [-0.05, 0) is 25.5 Å². The van der Waals surface area contributed by atoms with Gasteiger partial charge in [-0.2, -0.15) is 0 Å². The van der Waals surface area contributed by atoms with Gasteiger partial charge < -0.3 is 9.47 Å². The summed E-state index contributed by atoms with van der Waals surface area (Å²) in [5.74, 6) is -0.0608. The zero-order valence-electron chi connectivity index (χ0n) is 12.3. The highest BCUT2D eigenvalue weighted by molar-refractivity contribution is 8.01. The first-order valence-corrected chi connectivity index (χ1v) is 8.95. The molecule has 0 N–H and O–H groups in total. The molecule has 1 fully saturated rings. The summed E-state index contributed by atoms with van der Waals surface area (Å²) in [6.45, 7) is 3.09. The second-order valence-electron chi connectivity index (χ2n) is 5.00. The van der Waals surface area contributed by atoms with Gasteiger partial charge in [-0.15, -0.1) is 10.2 Å². The fourth-order valence-electron chi connectivity index (χ4n) is 2.42. The number of halogens is 1. The molecular weight excluding hydrogens is 323 g/mol. The summed E-state index contributed by atoms with van der Waals surface area (Å²) in [6, 6.07) is 6.37. The topological polar surface area (TPSA) is 44.2 Å². The maximum atomic E-state index is 13.1. The highest BCUT2D eigenvalue weighted by atomic mass is 32.2. The average molecular weight is 340 g/mol. The molecule has 0 atom stereocenters. The minimum Gasteiger partial charge on any atom is -0.343 e. The van der Waals surface area contributed by atoms with Gasteiger partial charge in [0.1, 0.15) is 10.8 Å². The molecule has 4 nitrogen and oxygen atoms in total. The minimum atomic E-state index is -0.731. The molecule has 1 saturated heterocycles. The Morgan fingerprint density at radius 1 is 1.23 bits per heavy atom. The van der Waals surface area contributed by atoms with E-state index in [4.69, 9.17) is 9.47 Å². The molecule has 1 aromatic heterocycles. The van der Waals surface area contributed by atoms with Crippen molar-refractivity contribution in [3.63, 3.8) is 0 Å². The van der Waals surface area contributed by atoms with Crippen LogP contribution in [0.15, 0.2) is 28.6 Å². The predicted octanol–water partition coefficient (Wildman–Crippen LogP) is 3.76. The summed E-state index contributed by atoms with van der Waals surface area (Å²) in [5, 5.41) is 9.08. The Hall–Kier alpha value is -1.02. The van der Waals surface area contributed by atoms with Crippen molar-refractivity contribution in [2.24, 2.45) is 0 Å². The van der Waals surface area contributed by atoms with Gasteiger partial charge in [0.15, 0.2) is 10.1 Å². The van der Waals surface area contributed by atoms with Crippen LogP contribution in [0.3, 0.4) is 0 Å². The van der Waals surface area contributed by atoms with E-state index in [0.717, 1.165) is 33.5 Å². The number of nitrogens with zero attached hydrogens (tertiary/aromatic N) is 2. The zero-order valence-corrected chi connectivity index (χ0v) is 13.9. The Morgan fingerprint density at radius 3 is 2.59 bits per heavy atom. The van der Waals surface area contributed by atoms with Gasteiger partial charge in [-0.1, -0.05) is 35.2 Å². The molecule has 22 heavy (non-hydrogen) atoms. The Balaban J connectivity index is 1.58. The van der Waals surface area contributed by atoms with Crippen LogP contribution in [-0.4, -0.2) is 29.2 Å². The molecular formula is C15H17FN2O2S2. The molecule has 0 bridgehead atoms. The first-order chi connectivity index (χ1) is 10.7. The lowest BCUT2D eigenvalue weighted by Gasteiger charge is -2.27. The lowest BCUT2D eigenvalue weighted by molar-refractivity contribution is -0.170. The molecule has 2 heterocycles. The maximum Gasteiger partial charge on any atom is 0.195 e. The number of thioether (sulfide) groups is 1. The smallest absolute Gasteiger partial charge is 0.195 e. The molecule has 1 aromatic carbocycles. The summed E-state index contributed by atoms with van der Waals surface area (Å²) < 4.78 is 25.8. The quantitative estimate of drug-likeness (QED) is 0.592.